The minimum Gasteiger partial charge on any atom is -0.141 e. The van der Waals surface area contributed by atoms with Crippen LogP contribution in [0.25, 0.3) is 10.6 Å². The lowest BCUT2D eigenvalue weighted by Crippen LogP contribution is -2.05. The molecule has 2 aromatic heterocycles. The summed E-state index contributed by atoms with van der Waals surface area (Å²) in [6.45, 7) is 4.46. The van der Waals surface area contributed by atoms with E-state index in [1.165, 1.54) is 61.1 Å². The molecule has 1 unspecified atom stereocenters. The molecular weight excluding hydrogens is 427 g/mol. The van der Waals surface area contributed by atoms with Crippen molar-refractivity contribution in [3.63, 3.8) is 0 Å². The van der Waals surface area contributed by atoms with E-state index in [-0.39, 0.29) is 0 Å². The zero-order valence-corrected chi connectivity index (χ0v) is 20.2. The van der Waals surface area contributed by atoms with Crippen molar-refractivity contribution in [3.8, 4) is 0 Å². The van der Waals surface area contributed by atoms with Crippen LogP contribution < -0.4 is 5.30 Å². The average Bonchev–Trinajstić information content (AvgIpc) is 3.44. The Morgan fingerprint density at radius 2 is 1.45 bits per heavy atom. The van der Waals surface area contributed by atoms with Crippen LogP contribution in [0.1, 0.15) is 52.1 Å². The molecule has 29 heavy (non-hydrogen) atoms. The van der Waals surface area contributed by atoms with Gasteiger partial charge in [0.1, 0.15) is 0 Å². The largest absolute Gasteiger partial charge is 0.141 e. The summed E-state index contributed by atoms with van der Waals surface area (Å²) >= 11 is 10.7. The highest BCUT2D eigenvalue weighted by atomic mass is 32.4. The SMILES string of the molecule is CCc1ccc(C2=C3CCCCC3=C(c3ccc(C)s3)P2(=S)c2ccccc2)s1. The number of allylic oxidation sites excluding steroid dienone is 2. The molecule has 1 aliphatic heterocycles. The number of hydrogen-bond donors (Lipinski definition) is 0. The summed E-state index contributed by atoms with van der Waals surface area (Å²) in [7, 11) is 0. The van der Waals surface area contributed by atoms with E-state index in [1.807, 2.05) is 22.7 Å². The van der Waals surface area contributed by atoms with E-state index in [0.717, 1.165) is 6.42 Å². The summed E-state index contributed by atoms with van der Waals surface area (Å²) in [5.74, 6) is 0. The molecule has 0 N–H and O–H groups in total. The number of rotatable bonds is 4. The zero-order chi connectivity index (χ0) is 20.0. The van der Waals surface area contributed by atoms with Gasteiger partial charge in [-0.2, -0.15) is 0 Å². The lowest BCUT2D eigenvalue weighted by molar-refractivity contribution is 0.685. The Morgan fingerprint density at radius 1 is 0.828 bits per heavy atom. The monoisotopic (exact) mass is 452 g/mol. The van der Waals surface area contributed by atoms with Gasteiger partial charge in [-0.25, -0.2) is 0 Å². The highest BCUT2D eigenvalue weighted by Gasteiger charge is 2.43. The molecule has 3 heterocycles. The molecule has 1 saturated carbocycles. The number of fused-ring (bicyclic) bond motifs is 1. The van der Waals surface area contributed by atoms with E-state index in [0.29, 0.717) is 0 Å². The van der Waals surface area contributed by atoms with E-state index in [4.69, 9.17) is 11.8 Å². The molecule has 1 atom stereocenters. The normalized spacial score (nSPS) is 21.7. The summed E-state index contributed by atoms with van der Waals surface area (Å²) < 4.78 is 0. The molecule has 4 heteroatoms. The van der Waals surface area contributed by atoms with E-state index in [9.17, 15) is 0 Å². The van der Waals surface area contributed by atoms with Crippen molar-refractivity contribution in [2.24, 2.45) is 0 Å². The van der Waals surface area contributed by atoms with Gasteiger partial charge in [-0.3, -0.25) is 0 Å². The van der Waals surface area contributed by atoms with Crippen molar-refractivity contribution < 1.29 is 0 Å². The first-order valence-electron chi connectivity index (χ1n) is 10.4. The van der Waals surface area contributed by atoms with Crippen molar-refractivity contribution in [3.05, 3.63) is 85.3 Å². The molecule has 3 aromatic rings. The lowest BCUT2D eigenvalue weighted by Gasteiger charge is -2.25. The quantitative estimate of drug-likeness (QED) is 0.360. The maximum Gasteiger partial charge on any atom is 0.0412 e. The minimum absolute atomic E-state index is 1.10. The molecule has 148 valence electrons. The molecule has 0 amide bonds. The zero-order valence-electron chi connectivity index (χ0n) is 16.9. The van der Waals surface area contributed by atoms with E-state index in [1.54, 1.807) is 11.1 Å². The summed E-state index contributed by atoms with van der Waals surface area (Å²) in [5, 5.41) is 4.37. The molecule has 0 saturated heterocycles. The Morgan fingerprint density at radius 3 is 2.00 bits per heavy atom. The van der Waals surface area contributed by atoms with Crippen LogP contribution in [-0.4, -0.2) is 0 Å². The molecule has 1 fully saturated rings. The first-order chi connectivity index (χ1) is 14.1. The lowest BCUT2D eigenvalue weighted by atomic mass is 9.88. The number of aryl methyl sites for hydroxylation is 2. The fourth-order valence-corrected chi connectivity index (χ4v) is 12.9. The topological polar surface area (TPSA) is 0 Å². The standard InChI is InChI=1S/C25H25PS3/c1-3-19-14-16-23(29-19)25-21-12-8-7-11-20(21)24(22-15-13-17(2)28-22)26(25,27)18-9-5-4-6-10-18/h4-6,9-10,13-16H,3,7-8,11-12H2,1-2H3. The van der Waals surface area contributed by atoms with Gasteiger partial charge in [0.2, 0.25) is 0 Å². The fourth-order valence-electron chi connectivity index (χ4n) is 4.68. The number of hydrogen-bond acceptors (Lipinski definition) is 3. The van der Waals surface area contributed by atoms with Crippen LogP contribution in [0.15, 0.2) is 65.7 Å². The third-order valence-corrected chi connectivity index (χ3v) is 13.6. The van der Waals surface area contributed by atoms with Crippen molar-refractivity contribution in [1.82, 2.24) is 0 Å². The van der Waals surface area contributed by atoms with Gasteiger partial charge in [0, 0.05) is 36.2 Å². The van der Waals surface area contributed by atoms with Crippen molar-refractivity contribution in [1.29, 1.82) is 0 Å². The highest BCUT2D eigenvalue weighted by molar-refractivity contribution is 8.28. The summed E-state index contributed by atoms with van der Waals surface area (Å²) in [6.07, 6.45) is 6.04. The Bertz CT molecular complexity index is 1170. The molecule has 0 spiro atoms. The molecule has 0 bridgehead atoms. The number of benzene rings is 1. The van der Waals surface area contributed by atoms with Crippen LogP contribution >= 0.6 is 28.7 Å². The van der Waals surface area contributed by atoms with Gasteiger partial charge < -0.3 is 0 Å². The van der Waals surface area contributed by atoms with Gasteiger partial charge in [-0.1, -0.05) is 49.1 Å². The van der Waals surface area contributed by atoms with Gasteiger partial charge in [0.25, 0.3) is 0 Å². The van der Waals surface area contributed by atoms with Crippen LogP contribution in [0, 0.1) is 6.92 Å². The van der Waals surface area contributed by atoms with Crippen LogP contribution in [0.4, 0.5) is 0 Å². The molecule has 5 rings (SSSR count). The van der Waals surface area contributed by atoms with Gasteiger partial charge >= 0.3 is 0 Å². The third kappa shape index (κ3) is 3.18. The van der Waals surface area contributed by atoms with Crippen LogP contribution in [0.2, 0.25) is 0 Å². The maximum absolute atomic E-state index is 6.82. The van der Waals surface area contributed by atoms with Crippen LogP contribution in [-0.2, 0) is 18.2 Å². The van der Waals surface area contributed by atoms with E-state index >= 15 is 0 Å². The second-order valence-electron chi connectivity index (χ2n) is 7.84. The average molecular weight is 453 g/mol. The molecular formula is C25H25PS3. The maximum atomic E-state index is 6.82. The van der Waals surface area contributed by atoms with Gasteiger partial charge in [0.05, 0.1) is 0 Å². The Labute approximate surface area is 187 Å². The molecule has 0 nitrogen and oxygen atoms in total. The van der Waals surface area contributed by atoms with Crippen LogP contribution in [0.3, 0.4) is 0 Å². The Hall–Kier alpha value is -1.25. The van der Waals surface area contributed by atoms with Crippen molar-refractivity contribution in [2.75, 3.05) is 0 Å². The van der Waals surface area contributed by atoms with E-state index in [2.05, 4.69) is 68.4 Å². The predicted octanol–water partition coefficient (Wildman–Crippen LogP) is 8.20. The predicted molar refractivity (Wildman–Crippen MR) is 135 cm³/mol. The summed E-state index contributed by atoms with van der Waals surface area (Å²) in [4.78, 5) is 5.66. The van der Waals surface area contributed by atoms with Gasteiger partial charge in [-0.15, -0.1) is 22.7 Å². The molecule has 2 aliphatic rings. The smallest absolute Gasteiger partial charge is 0.0412 e. The number of thiophene rings is 2. The Balaban J connectivity index is 1.83. The van der Waals surface area contributed by atoms with E-state index < -0.39 is 6.04 Å². The fraction of sp³-hybridized carbons (Fsp3) is 0.280. The first kappa shape index (κ1) is 19.7. The first-order valence-corrected chi connectivity index (χ1v) is 14.9. The van der Waals surface area contributed by atoms with Gasteiger partial charge in [0.15, 0.2) is 0 Å². The summed E-state index contributed by atoms with van der Waals surface area (Å²) in [6, 6.07) is 18.2. The molecule has 0 radical (unpaired) electrons. The minimum atomic E-state index is -2.06. The molecule has 1 aliphatic carbocycles. The van der Waals surface area contributed by atoms with Crippen molar-refractivity contribution >= 4 is 56.5 Å². The van der Waals surface area contributed by atoms with Crippen LogP contribution in [0.5, 0.6) is 0 Å². The second kappa shape index (κ2) is 7.78. The Kier molecular flexibility index (Phi) is 5.28. The summed E-state index contributed by atoms with van der Waals surface area (Å²) in [5.41, 5.74) is 3.18. The third-order valence-electron chi connectivity index (χ3n) is 6.01. The van der Waals surface area contributed by atoms with Gasteiger partial charge in [-0.05, 0) is 79.7 Å². The molecule has 1 aromatic carbocycles. The highest BCUT2D eigenvalue weighted by Crippen LogP contribution is 2.76. The van der Waals surface area contributed by atoms with Crippen molar-refractivity contribution in [2.45, 2.75) is 46.0 Å². The second-order valence-corrected chi connectivity index (χ2v) is 14.6.